The Morgan fingerprint density at radius 3 is 2.86 bits per heavy atom. The lowest BCUT2D eigenvalue weighted by Gasteiger charge is -2.23. The SMILES string of the molecule is C[C@H]([NH2+]Cc1ccc2c(c1)OCO2)C(=O)NC1CCCCC1. The monoisotopic (exact) mass is 305 g/mol. The van der Waals surface area contributed by atoms with Crippen LogP contribution in [0.15, 0.2) is 18.2 Å². The van der Waals surface area contributed by atoms with Crippen LogP contribution in [0.25, 0.3) is 0 Å². The zero-order valence-corrected chi connectivity index (χ0v) is 13.1. The highest BCUT2D eigenvalue weighted by Gasteiger charge is 2.22. The molecule has 3 N–H and O–H groups in total. The first-order valence-electron chi connectivity index (χ1n) is 8.24. The molecule has 1 aromatic rings. The Labute approximate surface area is 131 Å². The smallest absolute Gasteiger partial charge is 0.278 e. The van der Waals surface area contributed by atoms with Gasteiger partial charge in [-0.3, -0.25) is 4.79 Å². The number of nitrogens with one attached hydrogen (secondary N) is 1. The van der Waals surface area contributed by atoms with Crippen molar-refractivity contribution in [2.75, 3.05) is 6.79 Å². The van der Waals surface area contributed by atoms with Crippen molar-refractivity contribution in [1.29, 1.82) is 0 Å². The molecule has 5 heteroatoms. The minimum atomic E-state index is -0.0765. The second-order valence-electron chi connectivity index (χ2n) is 6.26. The fraction of sp³-hybridized carbons (Fsp3) is 0.588. The van der Waals surface area contributed by atoms with Crippen LogP contribution in [-0.2, 0) is 11.3 Å². The van der Waals surface area contributed by atoms with Gasteiger partial charge in [0, 0.05) is 11.6 Å². The van der Waals surface area contributed by atoms with Gasteiger partial charge in [0.1, 0.15) is 6.54 Å². The number of carbonyl (C=O) groups is 1. The minimum absolute atomic E-state index is 0.0765. The minimum Gasteiger partial charge on any atom is -0.454 e. The molecule has 1 saturated carbocycles. The summed E-state index contributed by atoms with van der Waals surface area (Å²) in [6, 6.07) is 6.24. The van der Waals surface area contributed by atoms with Gasteiger partial charge in [0.2, 0.25) is 6.79 Å². The Morgan fingerprint density at radius 2 is 2.05 bits per heavy atom. The van der Waals surface area contributed by atoms with Crippen LogP contribution in [0.5, 0.6) is 11.5 Å². The molecule has 1 aromatic carbocycles. The van der Waals surface area contributed by atoms with Crippen molar-refractivity contribution in [3.8, 4) is 11.5 Å². The summed E-state index contributed by atoms with van der Waals surface area (Å²) >= 11 is 0. The van der Waals surface area contributed by atoms with Gasteiger partial charge in [0.05, 0.1) is 0 Å². The van der Waals surface area contributed by atoms with E-state index in [0.717, 1.165) is 36.4 Å². The Kier molecular flexibility index (Phi) is 4.83. The average Bonchev–Trinajstić information content (AvgIpc) is 3.01. The van der Waals surface area contributed by atoms with Crippen molar-refractivity contribution in [1.82, 2.24) is 5.32 Å². The van der Waals surface area contributed by atoms with E-state index >= 15 is 0 Å². The molecule has 5 nitrogen and oxygen atoms in total. The van der Waals surface area contributed by atoms with Gasteiger partial charge in [-0.25, -0.2) is 0 Å². The molecule has 1 aliphatic carbocycles. The van der Waals surface area contributed by atoms with Crippen molar-refractivity contribution in [3.05, 3.63) is 23.8 Å². The molecule has 1 fully saturated rings. The zero-order chi connectivity index (χ0) is 15.4. The highest BCUT2D eigenvalue weighted by molar-refractivity contribution is 5.80. The number of hydrogen-bond donors (Lipinski definition) is 2. The van der Waals surface area contributed by atoms with E-state index < -0.39 is 0 Å². The van der Waals surface area contributed by atoms with E-state index in [1.165, 1.54) is 19.3 Å². The summed E-state index contributed by atoms with van der Waals surface area (Å²) < 4.78 is 10.7. The lowest BCUT2D eigenvalue weighted by Crippen LogP contribution is -2.90. The maximum Gasteiger partial charge on any atom is 0.278 e. The van der Waals surface area contributed by atoms with Gasteiger partial charge in [-0.15, -0.1) is 0 Å². The van der Waals surface area contributed by atoms with E-state index in [4.69, 9.17) is 9.47 Å². The van der Waals surface area contributed by atoms with Crippen molar-refractivity contribution in [3.63, 3.8) is 0 Å². The van der Waals surface area contributed by atoms with Crippen molar-refractivity contribution >= 4 is 5.91 Å². The fourth-order valence-electron chi connectivity index (χ4n) is 3.07. The average molecular weight is 305 g/mol. The third-order valence-corrected chi connectivity index (χ3v) is 4.51. The summed E-state index contributed by atoms with van der Waals surface area (Å²) in [5, 5.41) is 5.25. The van der Waals surface area contributed by atoms with Crippen LogP contribution in [-0.4, -0.2) is 24.8 Å². The molecule has 0 radical (unpaired) electrons. The summed E-state index contributed by atoms with van der Waals surface area (Å²) in [6.07, 6.45) is 6.03. The number of nitrogens with two attached hydrogens (primary N) is 1. The molecule has 2 aliphatic rings. The Morgan fingerprint density at radius 1 is 1.27 bits per heavy atom. The Hall–Kier alpha value is -1.75. The molecular weight excluding hydrogens is 280 g/mol. The molecule has 0 bridgehead atoms. The maximum absolute atomic E-state index is 12.2. The van der Waals surface area contributed by atoms with E-state index in [1.54, 1.807) is 0 Å². The third kappa shape index (κ3) is 3.71. The van der Waals surface area contributed by atoms with E-state index in [-0.39, 0.29) is 11.9 Å². The summed E-state index contributed by atoms with van der Waals surface area (Å²) in [4.78, 5) is 12.2. The van der Waals surface area contributed by atoms with Crippen LogP contribution in [0.3, 0.4) is 0 Å². The molecule has 120 valence electrons. The fourth-order valence-corrected chi connectivity index (χ4v) is 3.07. The largest absolute Gasteiger partial charge is 0.454 e. The maximum atomic E-state index is 12.2. The molecule has 1 heterocycles. The van der Waals surface area contributed by atoms with Crippen LogP contribution in [0.1, 0.15) is 44.6 Å². The van der Waals surface area contributed by atoms with Crippen LogP contribution >= 0.6 is 0 Å². The van der Waals surface area contributed by atoms with Crippen LogP contribution in [0.4, 0.5) is 0 Å². The van der Waals surface area contributed by atoms with Crippen molar-refractivity contribution < 1.29 is 19.6 Å². The van der Waals surface area contributed by atoms with Gasteiger partial charge in [-0.1, -0.05) is 19.3 Å². The predicted octanol–water partition coefficient (Wildman–Crippen LogP) is 1.32. The van der Waals surface area contributed by atoms with Gasteiger partial charge >= 0.3 is 0 Å². The second kappa shape index (κ2) is 7.01. The van der Waals surface area contributed by atoms with E-state index in [9.17, 15) is 4.79 Å². The molecule has 0 saturated heterocycles. The first-order valence-corrected chi connectivity index (χ1v) is 8.24. The first-order chi connectivity index (χ1) is 10.7. The van der Waals surface area contributed by atoms with Gasteiger partial charge in [0.15, 0.2) is 17.5 Å². The molecule has 0 unspecified atom stereocenters. The standard InChI is InChI=1S/C17H24N2O3/c1-12(17(20)19-14-5-3-2-4-6-14)18-10-13-7-8-15-16(9-13)22-11-21-15/h7-9,12,14,18H,2-6,10-11H2,1H3,(H,19,20)/p+1/t12-/m0/s1. The molecule has 0 spiro atoms. The molecule has 1 aliphatic heterocycles. The number of ether oxygens (including phenoxy) is 2. The number of carbonyl (C=O) groups excluding carboxylic acids is 1. The summed E-state index contributed by atoms with van der Waals surface area (Å²) in [5.41, 5.74) is 1.14. The highest BCUT2D eigenvalue weighted by atomic mass is 16.7. The second-order valence-corrected chi connectivity index (χ2v) is 6.26. The van der Waals surface area contributed by atoms with Crippen LogP contribution in [0, 0.1) is 0 Å². The van der Waals surface area contributed by atoms with Crippen LogP contribution in [0.2, 0.25) is 0 Å². The van der Waals surface area contributed by atoms with Gasteiger partial charge in [-0.05, 0) is 38.0 Å². The van der Waals surface area contributed by atoms with Gasteiger partial charge < -0.3 is 20.1 Å². The zero-order valence-electron chi connectivity index (χ0n) is 13.1. The Balaban J connectivity index is 1.47. The molecule has 1 amide bonds. The normalized spacial score (nSPS) is 19.0. The summed E-state index contributed by atoms with van der Waals surface area (Å²) in [7, 11) is 0. The first kappa shape index (κ1) is 15.2. The third-order valence-electron chi connectivity index (χ3n) is 4.51. The highest BCUT2D eigenvalue weighted by Crippen LogP contribution is 2.32. The predicted molar refractivity (Wildman–Crippen MR) is 82.7 cm³/mol. The lowest BCUT2D eigenvalue weighted by atomic mass is 9.95. The molecule has 0 aromatic heterocycles. The number of amides is 1. The van der Waals surface area contributed by atoms with Gasteiger partial charge in [0.25, 0.3) is 5.91 Å². The Bertz CT molecular complexity index is 527. The lowest BCUT2D eigenvalue weighted by molar-refractivity contribution is -0.689. The molecule has 1 atom stereocenters. The van der Waals surface area contributed by atoms with Gasteiger partial charge in [-0.2, -0.15) is 0 Å². The number of fused-ring (bicyclic) bond motifs is 1. The number of hydrogen-bond acceptors (Lipinski definition) is 3. The number of quaternary nitrogens is 1. The summed E-state index contributed by atoms with van der Waals surface area (Å²) in [5.74, 6) is 1.74. The number of rotatable bonds is 5. The number of benzene rings is 1. The van der Waals surface area contributed by atoms with E-state index in [0.29, 0.717) is 12.8 Å². The molecule has 22 heavy (non-hydrogen) atoms. The van der Waals surface area contributed by atoms with E-state index in [1.807, 2.05) is 25.1 Å². The topological polar surface area (TPSA) is 64.2 Å². The van der Waals surface area contributed by atoms with Crippen LogP contribution < -0.4 is 20.1 Å². The molecular formula is C17H25N2O3+. The molecule has 3 rings (SSSR count). The van der Waals surface area contributed by atoms with Crippen molar-refractivity contribution in [2.45, 2.75) is 57.7 Å². The quantitative estimate of drug-likeness (QED) is 0.862. The summed E-state index contributed by atoms with van der Waals surface area (Å²) in [6.45, 7) is 3.02. The van der Waals surface area contributed by atoms with E-state index in [2.05, 4.69) is 10.6 Å². The van der Waals surface area contributed by atoms with Crippen molar-refractivity contribution in [2.24, 2.45) is 0 Å².